The van der Waals surface area contributed by atoms with Crippen molar-refractivity contribution in [1.82, 2.24) is 20.1 Å². The molecule has 0 saturated carbocycles. The smallest absolute Gasteiger partial charge is 0.223 e. The molecule has 7 heteroatoms. The minimum atomic E-state index is 0.146. The Labute approximate surface area is 176 Å². The first-order chi connectivity index (χ1) is 14.8. The van der Waals surface area contributed by atoms with Crippen molar-refractivity contribution in [2.45, 2.75) is 32.1 Å². The Morgan fingerprint density at radius 1 is 0.867 bits per heavy atom. The predicted molar refractivity (Wildman–Crippen MR) is 114 cm³/mol. The van der Waals surface area contributed by atoms with E-state index in [9.17, 15) is 4.79 Å². The molecule has 7 nitrogen and oxygen atoms in total. The third-order valence-electron chi connectivity index (χ3n) is 5.42. The second-order valence-corrected chi connectivity index (χ2v) is 7.50. The molecule has 4 rings (SSSR count). The molecule has 1 amide bonds. The Balaban J connectivity index is 1.17. The van der Waals surface area contributed by atoms with Gasteiger partial charge in [0.1, 0.15) is 0 Å². The van der Waals surface area contributed by atoms with E-state index in [0.29, 0.717) is 24.6 Å². The lowest BCUT2D eigenvalue weighted by molar-refractivity contribution is -0.131. The molecule has 1 aliphatic rings. The Morgan fingerprint density at radius 3 is 2.30 bits per heavy atom. The summed E-state index contributed by atoms with van der Waals surface area (Å²) in [4.78, 5) is 20.8. The van der Waals surface area contributed by atoms with Gasteiger partial charge in [-0.25, -0.2) is 0 Å². The third kappa shape index (κ3) is 5.43. The van der Waals surface area contributed by atoms with Crippen LogP contribution in [-0.4, -0.2) is 52.2 Å². The fraction of sp³-hybridized carbons (Fsp3) is 0.391. The molecule has 0 spiro atoms. The van der Waals surface area contributed by atoms with Gasteiger partial charge in [-0.2, -0.15) is 0 Å². The highest BCUT2D eigenvalue weighted by molar-refractivity contribution is 5.76. The van der Waals surface area contributed by atoms with E-state index in [1.54, 1.807) is 12.4 Å². The van der Waals surface area contributed by atoms with E-state index in [2.05, 4.69) is 44.3 Å². The van der Waals surface area contributed by atoms with Gasteiger partial charge in [-0.15, -0.1) is 10.2 Å². The average molecular weight is 406 g/mol. The summed E-state index contributed by atoms with van der Waals surface area (Å²) in [5.41, 5.74) is 2.47. The van der Waals surface area contributed by atoms with Crippen LogP contribution < -0.4 is 4.90 Å². The maximum Gasteiger partial charge on any atom is 0.223 e. The molecule has 0 atom stereocenters. The summed E-state index contributed by atoms with van der Waals surface area (Å²) in [5, 5.41) is 8.24. The molecule has 30 heavy (non-hydrogen) atoms. The number of piperazine rings is 1. The van der Waals surface area contributed by atoms with Crippen molar-refractivity contribution in [3.8, 4) is 0 Å². The summed E-state index contributed by atoms with van der Waals surface area (Å²) in [5.74, 6) is 1.35. The van der Waals surface area contributed by atoms with E-state index in [1.807, 2.05) is 23.1 Å². The van der Waals surface area contributed by atoms with Gasteiger partial charge in [-0.1, -0.05) is 30.3 Å². The summed E-state index contributed by atoms with van der Waals surface area (Å²) in [6, 6.07) is 14.4. The second kappa shape index (κ2) is 10.0. The van der Waals surface area contributed by atoms with Crippen LogP contribution in [0.3, 0.4) is 0 Å². The first-order valence-corrected chi connectivity index (χ1v) is 10.6. The number of rotatable bonds is 8. The number of aromatic nitrogens is 3. The van der Waals surface area contributed by atoms with Crippen LogP contribution in [0.4, 0.5) is 5.69 Å². The molecule has 0 N–H and O–H groups in total. The maximum atomic E-state index is 12.6. The number of carbonyl (C=O) groups is 1. The van der Waals surface area contributed by atoms with Crippen LogP contribution in [0.15, 0.2) is 59.3 Å². The van der Waals surface area contributed by atoms with E-state index >= 15 is 0 Å². The number of hydrogen-bond acceptors (Lipinski definition) is 6. The largest absolute Gasteiger partial charge is 0.425 e. The Morgan fingerprint density at radius 2 is 1.57 bits per heavy atom. The molecule has 0 aliphatic carbocycles. The maximum absolute atomic E-state index is 12.6. The van der Waals surface area contributed by atoms with Gasteiger partial charge in [0.25, 0.3) is 0 Å². The average Bonchev–Trinajstić information content (AvgIpc) is 3.27. The van der Waals surface area contributed by atoms with Crippen LogP contribution in [0, 0.1) is 0 Å². The van der Waals surface area contributed by atoms with Crippen molar-refractivity contribution >= 4 is 11.6 Å². The molecule has 2 aromatic heterocycles. The van der Waals surface area contributed by atoms with Gasteiger partial charge >= 0.3 is 0 Å². The lowest BCUT2D eigenvalue weighted by Gasteiger charge is -2.36. The summed E-state index contributed by atoms with van der Waals surface area (Å²) < 4.78 is 5.73. The van der Waals surface area contributed by atoms with Crippen LogP contribution >= 0.6 is 0 Å². The van der Waals surface area contributed by atoms with Gasteiger partial charge in [0.2, 0.25) is 17.7 Å². The SMILES string of the molecule is O=C(CCc1nnc(CCCc2ccccc2)o1)N1CCN(c2ccncc2)CC1. The highest BCUT2D eigenvalue weighted by Gasteiger charge is 2.21. The number of amides is 1. The molecule has 0 bridgehead atoms. The van der Waals surface area contributed by atoms with Crippen molar-refractivity contribution in [2.75, 3.05) is 31.1 Å². The molecule has 0 radical (unpaired) electrons. The standard InChI is InChI=1S/C23H27N5O2/c29-23(28-17-15-27(16-18-28)20-11-13-24-14-12-20)10-9-22-26-25-21(30-22)8-4-7-19-5-2-1-3-6-19/h1-3,5-6,11-14H,4,7-10,15-18H2. The molecule has 1 aromatic carbocycles. The van der Waals surface area contributed by atoms with Crippen molar-refractivity contribution in [1.29, 1.82) is 0 Å². The minimum Gasteiger partial charge on any atom is -0.425 e. The number of aryl methyl sites for hydroxylation is 3. The van der Waals surface area contributed by atoms with E-state index in [-0.39, 0.29) is 5.91 Å². The third-order valence-corrected chi connectivity index (χ3v) is 5.42. The predicted octanol–water partition coefficient (Wildman–Crippen LogP) is 2.92. The number of carbonyl (C=O) groups excluding carboxylic acids is 1. The Kier molecular flexibility index (Phi) is 6.69. The fourth-order valence-electron chi connectivity index (χ4n) is 3.72. The number of nitrogens with zero attached hydrogens (tertiary/aromatic N) is 5. The van der Waals surface area contributed by atoms with Gasteiger partial charge in [0.15, 0.2) is 0 Å². The number of anilines is 1. The zero-order chi connectivity index (χ0) is 20.6. The Bertz CT molecular complexity index is 921. The van der Waals surface area contributed by atoms with Crippen LogP contribution in [0.25, 0.3) is 0 Å². The first-order valence-electron chi connectivity index (χ1n) is 10.6. The van der Waals surface area contributed by atoms with Crippen LogP contribution in [0.1, 0.15) is 30.2 Å². The number of benzene rings is 1. The monoisotopic (exact) mass is 405 g/mol. The van der Waals surface area contributed by atoms with Gasteiger partial charge in [-0.3, -0.25) is 9.78 Å². The molecule has 1 fully saturated rings. The summed E-state index contributed by atoms with van der Waals surface area (Å²) in [6.07, 6.45) is 7.21. The van der Waals surface area contributed by atoms with Crippen molar-refractivity contribution in [3.63, 3.8) is 0 Å². The van der Waals surface area contributed by atoms with Crippen LogP contribution in [-0.2, 0) is 24.1 Å². The summed E-state index contributed by atoms with van der Waals surface area (Å²) >= 11 is 0. The van der Waals surface area contributed by atoms with E-state index in [0.717, 1.165) is 51.1 Å². The van der Waals surface area contributed by atoms with Gasteiger partial charge < -0.3 is 14.2 Å². The molecule has 3 heterocycles. The minimum absolute atomic E-state index is 0.146. The number of hydrogen-bond donors (Lipinski definition) is 0. The lowest BCUT2D eigenvalue weighted by atomic mass is 10.1. The molecule has 3 aromatic rings. The molecule has 0 unspecified atom stereocenters. The molecular weight excluding hydrogens is 378 g/mol. The highest BCUT2D eigenvalue weighted by atomic mass is 16.4. The first kappa shape index (κ1) is 20.1. The molecular formula is C23H27N5O2. The molecule has 156 valence electrons. The lowest BCUT2D eigenvalue weighted by Crippen LogP contribution is -2.48. The van der Waals surface area contributed by atoms with Crippen molar-refractivity contribution in [3.05, 3.63) is 72.2 Å². The van der Waals surface area contributed by atoms with Gasteiger partial charge in [0.05, 0.1) is 0 Å². The van der Waals surface area contributed by atoms with Gasteiger partial charge in [0, 0.05) is 63.5 Å². The summed E-state index contributed by atoms with van der Waals surface area (Å²) in [7, 11) is 0. The highest BCUT2D eigenvalue weighted by Crippen LogP contribution is 2.16. The fourth-order valence-corrected chi connectivity index (χ4v) is 3.72. The normalized spacial score (nSPS) is 14.1. The van der Waals surface area contributed by atoms with Crippen LogP contribution in [0.5, 0.6) is 0 Å². The summed E-state index contributed by atoms with van der Waals surface area (Å²) in [6.45, 7) is 3.13. The second-order valence-electron chi connectivity index (χ2n) is 7.50. The van der Waals surface area contributed by atoms with E-state index in [4.69, 9.17) is 4.42 Å². The van der Waals surface area contributed by atoms with Crippen LogP contribution in [0.2, 0.25) is 0 Å². The zero-order valence-electron chi connectivity index (χ0n) is 17.1. The number of pyridine rings is 1. The Hall–Kier alpha value is -3.22. The zero-order valence-corrected chi connectivity index (χ0v) is 17.1. The molecule has 1 saturated heterocycles. The topological polar surface area (TPSA) is 75.4 Å². The van der Waals surface area contributed by atoms with E-state index in [1.165, 1.54) is 5.56 Å². The molecule has 1 aliphatic heterocycles. The van der Waals surface area contributed by atoms with E-state index < -0.39 is 0 Å². The van der Waals surface area contributed by atoms with Crippen molar-refractivity contribution in [2.24, 2.45) is 0 Å². The quantitative estimate of drug-likeness (QED) is 0.574. The van der Waals surface area contributed by atoms with Crippen molar-refractivity contribution < 1.29 is 9.21 Å². The van der Waals surface area contributed by atoms with Gasteiger partial charge in [-0.05, 0) is 30.5 Å².